The van der Waals surface area contributed by atoms with Gasteiger partial charge in [0.05, 0.1) is 5.02 Å². The lowest BCUT2D eigenvalue weighted by Crippen LogP contribution is -2.40. The first-order valence-corrected chi connectivity index (χ1v) is 9.10. The van der Waals surface area contributed by atoms with Gasteiger partial charge < -0.3 is 20.1 Å². The third-order valence-corrected chi connectivity index (χ3v) is 4.06. The van der Waals surface area contributed by atoms with E-state index in [1.54, 1.807) is 42.5 Å². The lowest BCUT2D eigenvalue weighted by molar-refractivity contribution is -0.111. The summed E-state index contributed by atoms with van der Waals surface area (Å²) in [4.78, 5) is 24.3. The van der Waals surface area contributed by atoms with Crippen LogP contribution in [0.5, 0.6) is 11.5 Å². The van der Waals surface area contributed by atoms with Gasteiger partial charge in [-0.1, -0.05) is 11.6 Å². The number of hydrogen-bond acceptors (Lipinski definition) is 4. The van der Waals surface area contributed by atoms with Crippen molar-refractivity contribution in [3.63, 3.8) is 0 Å². The summed E-state index contributed by atoms with van der Waals surface area (Å²) in [5.41, 5.74) is 1.52. The molecule has 0 spiro atoms. The molecule has 0 aliphatic carbocycles. The molecule has 0 saturated heterocycles. The summed E-state index contributed by atoms with van der Waals surface area (Å²) in [5.74, 6) is 0.598. The van der Waals surface area contributed by atoms with Crippen LogP contribution in [0.1, 0.15) is 36.7 Å². The molecule has 6 nitrogen and oxygen atoms in total. The van der Waals surface area contributed by atoms with Crippen molar-refractivity contribution >= 4 is 35.2 Å². The third-order valence-electron chi connectivity index (χ3n) is 3.78. The molecule has 1 heterocycles. The number of benzene rings is 2. The first-order valence-electron chi connectivity index (χ1n) is 8.72. The van der Waals surface area contributed by atoms with Crippen molar-refractivity contribution in [3.05, 3.63) is 58.6 Å². The molecule has 3 rings (SSSR count). The highest BCUT2D eigenvalue weighted by molar-refractivity contribution is 6.32. The van der Waals surface area contributed by atoms with Gasteiger partial charge >= 0.3 is 0 Å². The quantitative estimate of drug-likeness (QED) is 0.752. The van der Waals surface area contributed by atoms with E-state index >= 15 is 0 Å². The summed E-state index contributed by atoms with van der Waals surface area (Å²) in [6.07, 6.45) is 3.03. The average molecular weight is 401 g/mol. The third kappa shape index (κ3) is 5.04. The number of fused-ring (bicyclic) bond motifs is 1. The van der Waals surface area contributed by atoms with Gasteiger partial charge in [-0.25, -0.2) is 0 Å². The van der Waals surface area contributed by atoms with Gasteiger partial charge in [0.25, 0.3) is 5.91 Å². The van der Waals surface area contributed by atoms with Crippen LogP contribution in [0.3, 0.4) is 0 Å². The number of carbonyl (C=O) groups is 2. The Morgan fingerprint density at radius 3 is 2.50 bits per heavy atom. The zero-order valence-corrected chi connectivity index (χ0v) is 16.6. The smallest absolute Gasteiger partial charge is 0.251 e. The van der Waals surface area contributed by atoms with E-state index in [2.05, 4.69) is 10.6 Å². The van der Waals surface area contributed by atoms with Crippen molar-refractivity contribution < 1.29 is 19.1 Å². The van der Waals surface area contributed by atoms with Crippen molar-refractivity contribution in [1.82, 2.24) is 5.32 Å². The molecule has 0 unspecified atom stereocenters. The fraction of sp³-hybridized carbons (Fsp3) is 0.238. The maximum Gasteiger partial charge on any atom is 0.251 e. The fourth-order valence-electron chi connectivity index (χ4n) is 2.56. The van der Waals surface area contributed by atoms with Crippen LogP contribution in [0, 0.1) is 0 Å². The molecular weight excluding hydrogens is 380 g/mol. The number of rotatable bonds is 4. The van der Waals surface area contributed by atoms with Gasteiger partial charge in [0.1, 0.15) is 0 Å². The molecule has 2 aromatic carbocycles. The molecule has 1 aliphatic rings. The van der Waals surface area contributed by atoms with E-state index in [0.717, 1.165) is 5.56 Å². The van der Waals surface area contributed by atoms with Crippen LogP contribution in [0.25, 0.3) is 6.08 Å². The zero-order valence-electron chi connectivity index (χ0n) is 15.8. The standard InChI is InChI=1S/C21H21ClN2O4/c1-21(2,3)24-20(26)14-5-7-15(8-6-14)23-18(25)9-4-13-10-16(22)19-17(11-13)27-12-28-19/h4-11H,12H2,1-3H3,(H,23,25)(H,24,26)/b9-4+. The van der Waals surface area contributed by atoms with Crippen LogP contribution in [0.4, 0.5) is 5.69 Å². The maximum absolute atomic E-state index is 12.1. The van der Waals surface area contributed by atoms with Gasteiger partial charge in [0, 0.05) is 22.9 Å². The molecule has 2 N–H and O–H groups in total. The Morgan fingerprint density at radius 1 is 1.11 bits per heavy atom. The zero-order chi connectivity index (χ0) is 20.3. The molecule has 146 valence electrons. The van der Waals surface area contributed by atoms with Crippen LogP contribution in [-0.2, 0) is 4.79 Å². The van der Waals surface area contributed by atoms with E-state index in [0.29, 0.717) is 27.8 Å². The number of amides is 2. The van der Waals surface area contributed by atoms with Crippen molar-refractivity contribution in [3.8, 4) is 11.5 Å². The predicted molar refractivity (Wildman–Crippen MR) is 109 cm³/mol. The Balaban J connectivity index is 1.61. The Bertz CT molecular complexity index is 931. The van der Waals surface area contributed by atoms with Crippen molar-refractivity contribution in [2.75, 3.05) is 12.1 Å². The van der Waals surface area contributed by atoms with Crippen molar-refractivity contribution in [2.45, 2.75) is 26.3 Å². The monoisotopic (exact) mass is 400 g/mol. The SMILES string of the molecule is CC(C)(C)NC(=O)c1ccc(NC(=O)/C=C/c2cc(Cl)c3c(c2)OCO3)cc1. The normalized spacial score (nSPS) is 12.9. The lowest BCUT2D eigenvalue weighted by atomic mass is 10.1. The molecule has 28 heavy (non-hydrogen) atoms. The van der Waals surface area contributed by atoms with Crippen molar-refractivity contribution in [1.29, 1.82) is 0 Å². The van der Waals surface area contributed by atoms with E-state index in [1.807, 2.05) is 20.8 Å². The molecule has 0 aromatic heterocycles. The molecule has 0 fully saturated rings. The number of nitrogens with one attached hydrogen (secondary N) is 2. The maximum atomic E-state index is 12.1. The Hall–Kier alpha value is -2.99. The molecule has 2 amide bonds. The van der Waals surface area contributed by atoms with E-state index in [1.165, 1.54) is 6.08 Å². The Morgan fingerprint density at radius 2 is 1.82 bits per heavy atom. The van der Waals surface area contributed by atoms with Crippen molar-refractivity contribution in [2.24, 2.45) is 0 Å². The molecular formula is C21H21ClN2O4. The summed E-state index contributed by atoms with van der Waals surface area (Å²) in [6.45, 7) is 5.88. The van der Waals surface area contributed by atoms with Gasteiger partial charge in [0.2, 0.25) is 12.7 Å². The van der Waals surface area contributed by atoms with Crippen LogP contribution in [-0.4, -0.2) is 24.1 Å². The molecule has 1 aliphatic heterocycles. The predicted octanol–water partition coefficient (Wildman–Crippen LogP) is 4.25. The topological polar surface area (TPSA) is 76.7 Å². The van der Waals surface area contributed by atoms with Gasteiger partial charge in [-0.05, 0) is 68.8 Å². The second-order valence-corrected chi connectivity index (χ2v) is 7.75. The number of carbonyl (C=O) groups excluding carboxylic acids is 2. The number of ether oxygens (including phenoxy) is 2. The molecule has 7 heteroatoms. The highest BCUT2D eigenvalue weighted by atomic mass is 35.5. The van der Waals surface area contributed by atoms with Gasteiger partial charge in [-0.3, -0.25) is 9.59 Å². The highest BCUT2D eigenvalue weighted by Crippen LogP contribution is 2.40. The van der Waals surface area contributed by atoms with E-state index < -0.39 is 0 Å². The molecule has 0 bridgehead atoms. The van der Waals surface area contributed by atoms with E-state index in [9.17, 15) is 9.59 Å². The summed E-state index contributed by atoms with van der Waals surface area (Å²) in [7, 11) is 0. The van der Waals surface area contributed by atoms with E-state index in [4.69, 9.17) is 21.1 Å². The first-order chi connectivity index (χ1) is 13.2. The highest BCUT2D eigenvalue weighted by Gasteiger charge is 2.18. The summed E-state index contributed by atoms with van der Waals surface area (Å²) in [5, 5.41) is 6.07. The first kappa shape index (κ1) is 19.8. The van der Waals surface area contributed by atoms with Crippen LogP contribution in [0.15, 0.2) is 42.5 Å². The minimum Gasteiger partial charge on any atom is -0.454 e. The largest absolute Gasteiger partial charge is 0.454 e. The lowest BCUT2D eigenvalue weighted by Gasteiger charge is -2.20. The molecule has 0 radical (unpaired) electrons. The van der Waals surface area contributed by atoms with E-state index in [-0.39, 0.29) is 24.1 Å². The summed E-state index contributed by atoms with van der Waals surface area (Å²) in [6, 6.07) is 10.1. The van der Waals surface area contributed by atoms with Crippen LogP contribution in [0.2, 0.25) is 5.02 Å². The average Bonchev–Trinajstić information content (AvgIpc) is 3.08. The number of hydrogen-bond donors (Lipinski definition) is 2. The fourth-order valence-corrected chi connectivity index (χ4v) is 2.83. The Labute approximate surface area is 168 Å². The number of anilines is 1. The second kappa shape index (κ2) is 7.94. The van der Waals surface area contributed by atoms with Crippen LogP contribution >= 0.6 is 11.6 Å². The minimum absolute atomic E-state index is 0.131. The minimum atomic E-state index is -0.313. The van der Waals surface area contributed by atoms with Gasteiger partial charge in [-0.15, -0.1) is 0 Å². The van der Waals surface area contributed by atoms with Gasteiger partial charge in [-0.2, -0.15) is 0 Å². The Kier molecular flexibility index (Phi) is 5.61. The molecule has 2 aromatic rings. The second-order valence-electron chi connectivity index (χ2n) is 7.34. The molecule has 0 saturated carbocycles. The summed E-state index contributed by atoms with van der Waals surface area (Å²) < 4.78 is 10.6. The van der Waals surface area contributed by atoms with Crippen LogP contribution < -0.4 is 20.1 Å². The molecule has 0 atom stereocenters. The summed E-state index contributed by atoms with van der Waals surface area (Å²) >= 11 is 6.13. The number of halogens is 1. The van der Waals surface area contributed by atoms with Gasteiger partial charge in [0.15, 0.2) is 11.5 Å².